The van der Waals surface area contributed by atoms with Gasteiger partial charge in [0.05, 0.1) is 56.6 Å². The Balaban J connectivity index is 2.25. The average molecular weight is 360 g/mol. The molecule has 0 bridgehead atoms. The number of nitrogens with zero attached hydrogens (tertiary/aromatic N) is 3. The second-order valence-corrected chi connectivity index (χ2v) is 7.04. The predicted molar refractivity (Wildman–Crippen MR) is 99.0 cm³/mol. The second kappa shape index (κ2) is 7.23. The Kier molecular flexibility index (Phi) is 5.00. The average Bonchev–Trinajstić information content (AvgIpc) is 2.73. The summed E-state index contributed by atoms with van der Waals surface area (Å²) in [6, 6.07) is 13.9. The molecule has 1 aliphatic carbocycles. The van der Waals surface area contributed by atoms with Gasteiger partial charge in [-0.15, -0.1) is 0 Å². The van der Waals surface area contributed by atoms with Crippen LogP contribution in [0.2, 0.25) is 0 Å². The predicted octanol–water partition coefficient (Wildman–Crippen LogP) is 1.45. The standard InChI is InChI=1S/C21H21N5O/c1-3-26-9-8-17-16(11-26)19(14-6-4-5-7-18(14)27-2)15(10-22)20(25)21(17,12-23)13-24/h4-8,15-16,19,25H,3,9,11H2,1-2H3/p+1/t15-,16+,19+/m0/s1. The lowest BCUT2D eigenvalue weighted by molar-refractivity contribution is -0.897. The third kappa shape index (κ3) is 2.69. The smallest absolute Gasteiger partial charge is 0.203 e. The number of ether oxygens (including phenoxy) is 1. The van der Waals surface area contributed by atoms with Gasteiger partial charge in [-0.3, -0.25) is 0 Å². The Hall–Kier alpha value is -3.14. The van der Waals surface area contributed by atoms with Crippen molar-refractivity contribution in [2.45, 2.75) is 12.8 Å². The van der Waals surface area contributed by atoms with Gasteiger partial charge in [-0.1, -0.05) is 18.2 Å². The van der Waals surface area contributed by atoms with Crippen LogP contribution in [-0.4, -0.2) is 32.5 Å². The van der Waals surface area contributed by atoms with Crippen molar-refractivity contribution >= 4 is 5.71 Å². The zero-order valence-electron chi connectivity index (χ0n) is 15.5. The molecule has 0 amide bonds. The van der Waals surface area contributed by atoms with Crippen LogP contribution in [0.5, 0.6) is 5.75 Å². The van der Waals surface area contributed by atoms with Gasteiger partial charge in [0.1, 0.15) is 5.75 Å². The molecule has 0 spiro atoms. The zero-order valence-corrected chi connectivity index (χ0v) is 15.5. The first-order valence-corrected chi connectivity index (χ1v) is 9.05. The lowest BCUT2D eigenvalue weighted by Gasteiger charge is -2.46. The van der Waals surface area contributed by atoms with Gasteiger partial charge in [-0.05, 0) is 30.2 Å². The quantitative estimate of drug-likeness (QED) is 0.795. The van der Waals surface area contributed by atoms with Crippen molar-refractivity contribution < 1.29 is 9.64 Å². The van der Waals surface area contributed by atoms with Crippen LogP contribution < -0.4 is 9.64 Å². The molecular weight excluding hydrogens is 338 g/mol. The molecule has 0 radical (unpaired) electrons. The number of rotatable bonds is 3. The maximum atomic E-state index is 9.92. The summed E-state index contributed by atoms with van der Waals surface area (Å²) < 4.78 is 5.53. The van der Waals surface area contributed by atoms with E-state index >= 15 is 0 Å². The molecule has 1 aliphatic heterocycles. The Morgan fingerprint density at radius 3 is 2.56 bits per heavy atom. The van der Waals surface area contributed by atoms with E-state index in [9.17, 15) is 15.8 Å². The van der Waals surface area contributed by atoms with Crippen molar-refractivity contribution in [2.24, 2.45) is 17.3 Å². The van der Waals surface area contributed by atoms with Crippen molar-refractivity contribution in [3.63, 3.8) is 0 Å². The molecule has 27 heavy (non-hydrogen) atoms. The summed E-state index contributed by atoms with van der Waals surface area (Å²) in [7, 11) is 1.59. The summed E-state index contributed by atoms with van der Waals surface area (Å²) in [4.78, 5) is 1.33. The minimum absolute atomic E-state index is 0.117. The van der Waals surface area contributed by atoms with Crippen LogP contribution in [0.15, 0.2) is 35.9 Å². The third-order valence-electron chi connectivity index (χ3n) is 5.93. The first kappa shape index (κ1) is 18.6. The maximum Gasteiger partial charge on any atom is 0.203 e. The number of benzene rings is 1. The van der Waals surface area contributed by atoms with Crippen molar-refractivity contribution in [3.8, 4) is 24.0 Å². The molecule has 1 saturated carbocycles. The van der Waals surface area contributed by atoms with Crippen molar-refractivity contribution in [3.05, 3.63) is 41.5 Å². The van der Waals surface area contributed by atoms with Crippen LogP contribution in [0.1, 0.15) is 18.4 Å². The van der Waals surface area contributed by atoms with Crippen molar-refractivity contribution in [2.75, 3.05) is 26.7 Å². The number of hydrogen-bond acceptors (Lipinski definition) is 5. The molecule has 6 heteroatoms. The molecule has 2 aliphatic rings. The van der Waals surface area contributed by atoms with E-state index in [1.165, 1.54) is 4.90 Å². The van der Waals surface area contributed by atoms with Crippen LogP contribution in [0.3, 0.4) is 0 Å². The molecule has 1 heterocycles. The molecule has 4 atom stereocenters. The Labute approximate surface area is 159 Å². The number of hydrogen-bond donors (Lipinski definition) is 2. The van der Waals surface area contributed by atoms with Gasteiger partial charge in [0.2, 0.25) is 5.41 Å². The monoisotopic (exact) mass is 360 g/mol. The summed E-state index contributed by atoms with van der Waals surface area (Å²) in [5.74, 6) is -0.663. The fourth-order valence-electron chi connectivity index (χ4n) is 4.51. The number of likely N-dealkylation sites (N-methyl/N-ethyl adjacent to an activating group) is 1. The molecular formula is C21H22N5O+. The number of nitriles is 3. The van der Waals surface area contributed by atoms with Gasteiger partial charge in [0.25, 0.3) is 0 Å². The zero-order chi connectivity index (χ0) is 19.6. The lowest BCUT2D eigenvalue weighted by Crippen LogP contribution is -3.13. The topological polar surface area (TPSA) is 109 Å². The van der Waals surface area contributed by atoms with Crippen molar-refractivity contribution in [1.29, 1.82) is 21.2 Å². The van der Waals surface area contributed by atoms with Gasteiger partial charge >= 0.3 is 0 Å². The van der Waals surface area contributed by atoms with Gasteiger partial charge in [-0.2, -0.15) is 15.8 Å². The molecule has 0 aromatic heterocycles. The molecule has 1 aromatic carbocycles. The van der Waals surface area contributed by atoms with E-state index in [0.29, 0.717) is 11.3 Å². The normalized spacial score (nSPS) is 28.7. The number of methoxy groups -OCH3 is 1. The summed E-state index contributed by atoms with van der Waals surface area (Å²) in [6.07, 6.45) is 1.95. The number of quaternary nitrogens is 1. The minimum Gasteiger partial charge on any atom is -0.496 e. The number of fused-ring (bicyclic) bond motifs is 1. The van der Waals surface area contributed by atoms with E-state index in [4.69, 9.17) is 10.1 Å². The highest BCUT2D eigenvalue weighted by molar-refractivity contribution is 6.01. The van der Waals surface area contributed by atoms with E-state index in [1.807, 2.05) is 30.3 Å². The highest BCUT2D eigenvalue weighted by atomic mass is 16.5. The van der Waals surface area contributed by atoms with E-state index < -0.39 is 11.3 Å². The number of para-hydroxylation sites is 1. The van der Waals surface area contributed by atoms with Gasteiger partial charge in [0.15, 0.2) is 0 Å². The van der Waals surface area contributed by atoms with E-state index in [-0.39, 0.29) is 17.5 Å². The SMILES string of the molecule is CC[NH+]1CC=C2[C@@H](C1)[C@H](c1ccccc1OC)[C@H](C#N)C(=N)C2(C#N)C#N. The highest BCUT2D eigenvalue weighted by Crippen LogP contribution is 2.52. The molecule has 1 aromatic rings. The van der Waals surface area contributed by atoms with E-state index in [2.05, 4.69) is 25.1 Å². The van der Waals surface area contributed by atoms with Crippen LogP contribution >= 0.6 is 0 Å². The fourth-order valence-corrected chi connectivity index (χ4v) is 4.51. The fraction of sp³-hybridized carbons (Fsp3) is 0.429. The maximum absolute atomic E-state index is 9.92. The van der Waals surface area contributed by atoms with Gasteiger partial charge in [-0.25, -0.2) is 0 Å². The summed E-state index contributed by atoms with van der Waals surface area (Å²) in [5.41, 5.74) is -0.234. The molecule has 136 valence electrons. The van der Waals surface area contributed by atoms with Crippen molar-refractivity contribution in [1.82, 2.24) is 0 Å². The van der Waals surface area contributed by atoms with Gasteiger partial charge in [0, 0.05) is 11.8 Å². The first-order valence-electron chi connectivity index (χ1n) is 9.05. The third-order valence-corrected chi connectivity index (χ3v) is 5.93. The van der Waals surface area contributed by atoms with Gasteiger partial charge < -0.3 is 15.0 Å². The lowest BCUT2D eigenvalue weighted by atomic mass is 9.55. The minimum atomic E-state index is -1.65. The largest absolute Gasteiger partial charge is 0.496 e. The summed E-state index contributed by atoms with van der Waals surface area (Å²) in [5, 5.41) is 38.2. The Morgan fingerprint density at radius 2 is 1.96 bits per heavy atom. The molecule has 3 rings (SSSR count). The highest BCUT2D eigenvalue weighted by Gasteiger charge is 2.57. The van der Waals surface area contributed by atoms with Crippen LogP contribution in [0.4, 0.5) is 0 Å². The summed E-state index contributed by atoms with van der Waals surface area (Å²) >= 11 is 0. The van der Waals surface area contributed by atoms with Crippen LogP contribution in [0.25, 0.3) is 0 Å². The second-order valence-electron chi connectivity index (χ2n) is 7.04. The van der Waals surface area contributed by atoms with E-state index in [1.54, 1.807) is 7.11 Å². The van der Waals surface area contributed by atoms with E-state index in [0.717, 1.165) is 25.2 Å². The van der Waals surface area contributed by atoms with Crippen LogP contribution in [-0.2, 0) is 0 Å². The Bertz CT molecular complexity index is 900. The summed E-state index contributed by atoms with van der Waals surface area (Å²) in [6.45, 7) is 4.46. The molecule has 1 fully saturated rings. The molecule has 1 unspecified atom stereocenters. The first-order chi connectivity index (χ1) is 13.1. The number of nitrogens with one attached hydrogen (secondary N) is 2. The Morgan fingerprint density at radius 1 is 1.26 bits per heavy atom. The molecule has 6 nitrogen and oxygen atoms in total. The molecule has 2 N–H and O–H groups in total. The molecule has 0 saturated heterocycles. The van der Waals surface area contributed by atoms with Crippen LogP contribution in [0, 0.1) is 56.7 Å².